The van der Waals surface area contributed by atoms with Crippen molar-refractivity contribution in [2.75, 3.05) is 19.0 Å². The number of hydrogen-bond donors (Lipinski definition) is 0. The molecular formula is C20H24O3S. The van der Waals surface area contributed by atoms with Gasteiger partial charge in [0.1, 0.15) is 13.2 Å². The second-order valence-corrected chi connectivity index (χ2v) is 9.61. The van der Waals surface area contributed by atoms with E-state index in [2.05, 4.69) is 0 Å². The zero-order valence-electron chi connectivity index (χ0n) is 14.0. The molecule has 24 heavy (non-hydrogen) atoms. The van der Waals surface area contributed by atoms with Crippen LogP contribution in [0, 0.1) is 17.8 Å². The summed E-state index contributed by atoms with van der Waals surface area (Å²) >= 11 is 1.95. The number of hydrogen-bond acceptors (Lipinski definition) is 4. The van der Waals surface area contributed by atoms with E-state index < -0.39 is 0 Å². The monoisotopic (exact) mass is 344 g/mol. The third-order valence-electron chi connectivity index (χ3n) is 6.36. The fourth-order valence-corrected chi connectivity index (χ4v) is 7.39. The van der Waals surface area contributed by atoms with Crippen molar-refractivity contribution in [3.05, 3.63) is 23.8 Å². The molecule has 4 bridgehead atoms. The first-order valence-electron chi connectivity index (χ1n) is 9.26. The van der Waals surface area contributed by atoms with Crippen LogP contribution in [0.5, 0.6) is 11.5 Å². The highest BCUT2D eigenvalue weighted by atomic mass is 32.2. The van der Waals surface area contributed by atoms with Gasteiger partial charge in [0.15, 0.2) is 17.3 Å². The van der Waals surface area contributed by atoms with Crippen LogP contribution < -0.4 is 9.47 Å². The number of ether oxygens (including phenoxy) is 2. The highest BCUT2D eigenvalue weighted by molar-refractivity contribution is 8.01. The summed E-state index contributed by atoms with van der Waals surface area (Å²) in [5.41, 5.74) is 0.761. The minimum absolute atomic E-state index is 0.229. The molecule has 3 nitrogen and oxygen atoms in total. The minimum Gasteiger partial charge on any atom is -0.486 e. The lowest BCUT2D eigenvalue weighted by Crippen LogP contribution is -2.48. The summed E-state index contributed by atoms with van der Waals surface area (Å²) in [7, 11) is 0. The summed E-state index contributed by atoms with van der Waals surface area (Å²) in [5, 5.41) is 0. The Kier molecular flexibility index (Phi) is 3.58. The van der Waals surface area contributed by atoms with E-state index in [1.54, 1.807) is 0 Å². The van der Waals surface area contributed by atoms with E-state index in [9.17, 15) is 4.79 Å². The maximum atomic E-state index is 12.7. The Morgan fingerprint density at radius 2 is 1.62 bits per heavy atom. The van der Waals surface area contributed by atoms with Crippen LogP contribution in [0.15, 0.2) is 18.2 Å². The van der Waals surface area contributed by atoms with Gasteiger partial charge in [0.25, 0.3) is 0 Å². The van der Waals surface area contributed by atoms with Gasteiger partial charge < -0.3 is 9.47 Å². The topological polar surface area (TPSA) is 35.5 Å². The fourth-order valence-electron chi connectivity index (χ4n) is 5.73. The molecule has 0 amide bonds. The highest BCUT2D eigenvalue weighted by Crippen LogP contribution is 2.60. The van der Waals surface area contributed by atoms with E-state index in [0.29, 0.717) is 29.5 Å². The first kappa shape index (κ1) is 15.1. The molecule has 1 aromatic carbocycles. The van der Waals surface area contributed by atoms with E-state index in [4.69, 9.17) is 9.47 Å². The fraction of sp³-hybridized carbons (Fsp3) is 0.650. The normalized spacial score (nSPS) is 35.9. The molecule has 128 valence electrons. The van der Waals surface area contributed by atoms with Crippen LogP contribution in [0.2, 0.25) is 0 Å². The van der Waals surface area contributed by atoms with Crippen LogP contribution in [-0.2, 0) is 0 Å². The van der Waals surface area contributed by atoms with Crippen LogP contribution in [0.4, 0.5) is 0 Å². The van der Waals surface area contributed by atoms with Gasteiger partial charge in [0.2, 0.25) is 0 Å². The Morgan fingerprint density at radius 3 is 2.29 bits per heavy atom. The third-order valence-corrected chi connectivity index (χ3v) is 7.87. The van der Waals surface area contributed by atoms with E-state index in [1.165, 1.54) is 38.5 Å². The lowest BCUT2D eigenvalue weighted by Gasteiger charge is -2.56. The first-order valence-corrected chi connectivity index (χ1v) is 10.2. The van der Waals surface area contributed by atoms with Crippen LogP contribution in [-0.4, -0.2) is 29.5 Å². The Morgan fingerprint density at radius 1 is 1.00 bits per heavy atom. The quantitative estimate of drug-likeness (QED) is 0.761. The smallest absolute Gasteiger partial charge is 0.172 e. The van der Waals surface area contributed by atoms with Crippen LogP contribution in [0.3, 0.4) is 0 Å². The Hall–Kier alpha value is -1.16. The number of carbonyl (C=O) groups is 1. The molecule has 4 fully saturated rings. The lowest BCUT2D eigenvalue weighted by atomic mass is 9.56. The molecule has 1 aliphatic heterocycles. The highest BCUT2D eigenvalue weighted by Gasteiger charge is 2.51. The van der Waals surface area contributed by atoms with Crippen LogP contribution in [0.1, 0.15) is 48.9 Å². The average molecular weight is 344 g/mol. The van der Waals surface area contributed by atoms with Crippen molar-refractivity contribution in [3.63, 3.8) is 0 Å². The first-order chi connectivity index (χ1) is 11.7. The molecule has 4 heteroatoms. The van der Waals surface area contributed by atoms with Gasteiger partial charge in [0, 0.05) is 10.3 Å². The number of Topliss-reactive ketones (excluding diaryl/α,β-unsaturated/α-hetero) is 1. The third kappa shape index (κ3) is 2.63. The summed E-state index contributed by atoms with van der Waals surface area (Å²) in [5.74, 6) is 5.12. The molecule has 0 saturated heterocycles. The summed E-state index contributed by atoms with van der Waals surface area (Å²) < 4.78 is 11.6. The largest absolute Gasteiger partial charge is 0.486 e. The van der Waals surface area contributed by atoms with Crippen LogP contribution in [0.25, 0.3) is 0 Å². The predicted molar refractivity (Wildman–Crippen MR) is 95.1 cm³/mol. The van der Waals surface area contributed by atoms with E-state index in [-0.39, 0.29) is 5.78 Å². The summed E-state index contributed by atoms with van der Waals surface area (Å²) in [6, 6.07) is 5.62. The van der Waals surface area contributed by atoms with E-state index >= 15 is 0 Å². The molecule has 6 rings (SSSR count). The Labute approximate surface area is 147 Å². The van der Waals surface area contributed by atoms with Gasteiger partial charge in [-0.15, -0.1) is 11.8 Å². The molecule has 4 saturated carbocycles. The number of ketones is 1. The zero-order chi connectivity index (χ0) is 16.1. The zero-order valence-corrected chi connectivity index (χ0v) is 14.8. The molecule has 0 unspecified atom stereocenters. The van der Waals surface area contributed by atoms with Crippen molar-refractivity contribution >= 4 is 17.5 Å². The van der Waals surface area contributed by atoms with Gasteiger partial charge in [0.05, 0.1) is 5.75 Å². The van der Waals surface area contributed by atoms with Crippen molar-refractivity contribution in [1.82, 2.24) is 0 Å². The molecule has 0 aromatic heterocycles. The SMILES string of the molecule is O=C(CSC12CC3CC(CC(C3)C1)C2)c1ccc2c(c1)OCCO2. The van der Waals surface area contributed by atoms with Gasteiger partial charge >= 0.3 is 0 Å². The predicted octanol–water partition coefficient (Wildman–Crippen LogP) is 4.34. The van der Waals surface area contributed by atoms with E-state index in [0.717, 1.165) is 29.1 Å². The molecule has 0 spiro atoms. The van der Waals surface area contributed by atoms with Crippen molar-refractivity contribution in [1.29, 1.82) is 0 Å². The van der Waals surface area contributed by atoms with Gasteiger partial charge in [-0.1, -0.05) is 0 Å². The number of carbonyl (C=O) groups excluding carboxylic acids is 1. The summed E-state index contributed by atoms with van der Waals surface area (Å²) in [6.45, 7) is 1.15. The molecular weight excluding hydrogens is 320 g/mol. The average Bonchev–Trinajstić information content (AvgIpc) is 2.58. The van der Waals surface area contributed by atoms with Crippen molar-refractivity contribution in [2.24, 2.45) is 17.8 Å². The van der Waals surface area contributed by atoms with Gasteiger partial charge in [-0.05, 0) is 74.5 Å². The van der Waals surface area contributed by atoms with Gasteiger partial charge in [-0.3, -0.25) is 4.79 Å². The molecule has 0 radical (unpaired) electrons. The molecule has 0 N–H and O–H groups in total. The molecule has 1 aromatic rings. The van der Waals surface area contributed by atoms with E-state index in [1.807, 2.05) is 30.0 Å². The minimum atomic E-state index is 0.229. The van der Waals surface area contributed by atoms with Gasteiger partial charge in [-0.2, -0.15) is 0 Å². The second-order valence-electron chi connectivity index (χ2n) is 8.17. The Bertz CT molecular complexity index is 634. The standard InChI is InChI=1S/C20H24O3S/c21-17(16-1-2-18-19(8-16)23-4-3-22-18)12-24-20-9-13-5-14(10-20)7-15(6-13)11-20/h1-2,8,13-15H,3-7,9-12H2. The number of thioether (sulfide) groups is 1. The number of benzene rings is 1. The van der Waals surface area contributed by atoms with Crippen LogP contribution >= 0.6 is 11.8 Å². The van der Waals surface area contributed by atoms with Crippen molar-refractivity contribution in [3.8, 4) is 11.5 Å². The van der Waals surface area contributed by atoms with Crippen molar-refractivity contribution < 1.29 is 14.3 Å². The number of fused-ring (bicyclic) bond motifs is 1. The number of rotatable bonds is 4. The molecule has 1 heterocycles. The Balaban J connectivity index is 1.28. The maximum absolute atomic E-state index is 12.7. The molecule has 4 aliphatic carbocycles. The second kappa shape index (κ2) is 5.69. The maximum Gasteiger partial charge on any atom is 0.172 e. The summed E-state index contributed by atoms with van der Waals surface area (Å²) in [4.78, 5) is 12.7. The molecule has 0 atom stereocenters. The molecule has 5 aliphatic rings. The summed E-state index contributed by atoms with van der Waals surface area (Å²) in [6.07, 6.45) is 8.40. The van der Waals surface area contributed by atoms with Crippen molar-refractivity contribution in [2.45, 2.75) is 43.3 Å². The lowest BCUT2D eigenvalue weighted by molar-refractivity contribution is 0.0383. The van der Waals surface area contributed by atoms with Gasteiger partial charge in [-0.25, -0.2) is 0 Å².